The van der Waals surface area contributed by atoms with E-state index in [2.05, 4.69) is 20.3 Å². The van der Waals surface area contributed by atoms with Gasteiger partial charge in [0.2, 0.25) is 0 Å². The number of hydrogen-bond donors (Lipinski definition) is 5. The highest BCUT2D eigenvalue weighted by Gasteiger charge is 2.53. The predicted octanol–water partition coefficient (Wildman–Crippen LogP) is -1.54. The first-order valence-electron chi connectivity index (χ1n) is 7.52. The van der Waals surface area contributed by atoms with Crippen LogP contribution in [0.3, 0.4) is 0 Å². The molecule has 0 bridgehead atoms. The number of rotatable bonds is 2. The molecule has 2 aromatic rings. The number of aliphatic imine (C=N–C) groups is 1. The Hall–Kier alpha value is -2.60. The first-order chi connectivity index (χ1) is 11.8. The van der Waals surface area contributed by atoms with Crippen LogP contribution < -0.4 is 16.7 Å². The highest BCUT2D eigenvalue weighted by molar-refractivity contribution is 6.09. The summed E-state index contributed by atoms with van der Waals surface area (Å²) in [6.07, 6.45) is -0.446. The van der Waals surface area contributed by atoms with Gasteiger partial charge in [0.1, 0.15) is 35.3 Å². The summed E-state index contributed by atoms with van der Waals surface area (Å²) in [5.74, 6) is 0.510. The Morgan fingerprint density at radius 3 is 2.92 bits per heavy atom. The average Bonchev–Trinajstić information content (AvgIpc) is 3.00. The SMILES string of the molecule is C[C@]1(O)[C@H](O)[C@@H](CO)O[C@H]1n1cc2c(N)nc(=O)nc3c2c1N=CN3. The molecule has 1 saturated heterocycles. The van der Waals surface area contributed by atoms with Crippen LogP contribution in [0.4, 0.5) is 17.5 Å². The maximum Gasteiger partial charge on any atom is 0.371 e. The van der Waals surface area contributed by atoms with Gasteiger partial charge in [0.25, 0.3) is 0 Å². The third-order valence-electron chi connectivity index (χ3n) is 4.52. The molecule has 6 N–H and O–H groups in total. The van der Waals surface area contributed by atoms with Gasteiger partial charge in [0.15, 0.2) is 6.23 Å². The lowest BCUT2D eigenvalue weighted by atomic mass is 9.96. The lowest BCUT2D eigenvalue weighted by Gasteiger charge is -2.28. The number of aromatic nitrogens is 3. The molecule has 0 amide bonds. The number of aliphatic hydroxyl groups excluding tert-OH is 2. The van der Waals surface area contributed by atoms with Gasteiger partial charge in [-0.2, -0.15) is 9.97 Å². The maximum atomic E-state index is 11.7. The minimum absolute atomic E-state index is 0.0467. The molecular weight excluding hydrogens is 332 g/mol. The average molecular weight is 348 g/mol. The molecule has 25 heavy (non-hydrogen) atoms. The third-order valence-corrected chi connectivity index (χ3v) is 4.52. The number of anilines is 2. The molecule has 4 heterocycles. The van der Waals surface area contributed by atoms with Crippen LogP contribution in [0.1, 0.15) is 13.2 Å². The fourth-order valence-electron chi connectivity index (χ4n) is 3.24. The number of nitrogens with two attached hydrogens (primary N) is 1. The van der Waals surface area contributed by atoms with E-state index < -0.39 is 36.3 Å². The number of nitrogen functional groups attached to an aromatic ring is 1. The Labute approximate surface area is 140 Å². The van der Waals surface area contributed by atoms with Crippen molar-refractivity contribution in [3.8, 4) is 0 Å². The summed E-state index contributed by atoms with van der Waals surface area (Å²) in [6, 6.07) is 0. The molecule has 0 unspecified atom stereocenters. The highest BCUT2D eigenvalue weighted by atomic mass is 16.6. The monoisotopic (exact) mass is 348 g/mol. The molecule has 4 atom stereocenters. The standard InChI is InChI=1S/C14H16N6O5/c1-14(24)8(22)6(3-21)25-12(14)20-2-5-7-10(16-4-17-11(7)20)19-13(23)18-9(5)15/h2,4,6,8,12,21-22,24H,3H2,1H3,(H3,15,16,17,18,19,23)/t6-,8-,12-,14+/m1/s1. The Kier molecular flexibility index (Phi) is 3.30. The third kappa shape index (κ3) is 2.14. The molecule has 132 valence electrons. The van der Waals surface area contributed by atoms with Crippen molar-refractivity contribution in [1.29, 1.82) is 0 Å². The number of nitrogens with zero attached hydrogens (tertiary/aromatic N) is 4. The van der Waals surface area contributed by atoms with E-state index in [1.807, 2.05) is 0 Å². The Morgan fingerprint density at radius 1 is 1.48 bits per heavy atom. The molecule has 11 nitrogen and oxygen atoms in total. The molecule has 2 aromatic heterocycles. The second kappa shape index (κ2) is 5.20. The molecule has 1 fully saturated rings. The zero-order valence-electron chi connectivity index (χ0n) is 13.1. The smallest absolute Gasteiger partial charge is 0.371 e. The topological polar surface area (TPSA) is 168 Å². The van der Waals surface area contributed by atoms with Gasteiger partial charge in [-0.15, -0.1) is 0 Å². The zero-order valence-corrected chi connectivity index (χ0v) is 13.1. The zero-order chi connectivity index (χ0) is 17.9. The maximum absolute atomic E-state index is 11.7. The summed E-state index contributed by atoms with van der Waals surface area (Å²) in [6.45, 7) is 0.941. The van der Waals surface area contributed by atoms with Crippen molar-refractivity contribution in [3.05, 3.63) is 16.7 Å². The van der Waals surface area contributed by atoms with E-state index in [1.54, 1.807) is 0 Å². The van der Waals surface area contributed by atoms with Crippen molar-refractivity contribution in [1.82, 2.24) is 14.5 Å². The molecular formula is C14H16N6O5. The fraction of sp³-hybridized carbons (Fsp3) is 0.429. The first kappa shape index (κ1) is 15.9. The van der Waals surface area contributed by atoms with E-state index in [4.69, 9.17) is 10.5 Å². The summed E-state index contributed by atoms with van der Waals surface area (Å²) in [7, 11) is 0. The Balaban J connectivity index is 1.98. The van der Waals surface area contributed by atoms with Gasteiger partial charge >= 0.3 is 5.69 Å². The summed E-state index contributed by atoms with van der Waals surface area (Å²) < 4.78 is 7.10. The summed E-state index contributed by atoms with van der Waals surface area (Å²) in [4.78, 5) is 23.4. The van der Waals surface area contributed by atoms with E-state index in [0.29, 0.717) is 16.6 Å². The van der Waals surface area contributed by atoms with Crippen molar-refractivity contribution in [2.75, 3.05) is 17.7 Å². The van der Waals surface area contributed by atoms with E-state index in [9.17, 15) is 20.1 Å². The normalized spacial score (nSPS) is 30.6. The predicted molar refractivity (Wildman–Crippen MR) is 87.6 cm³/mol. The van der Waals surface area contributed by atoms with Gasteiger partial charge in [-0.25, -0.2) is 9.79 Å². The lowest BCUT2D eigenvalue weighted by molar-refractivity contribution is -0.0955. The van der Waals surface area contributed by atoms with Crippen LogP contribution >= 0.6 is 0 Å². The van der Waals surface area contributed by atoms with Crippen LogP contribution in [-0.2, 0) is 4.74 Å². The summed E-state index contributed by atoms with van der Waals surface area (Å²) >= 11 is 0. The Morgan fingerprint density at radius 2 is 2.24 bits per heavy atom. The quantitative estimate of drug-likeness (QED) is 0.432. The van der Waals surface area contributed by atoms with Crippen LogP contribution in [0.25, 0.3) is 10.8 Å². The molecule has 0 aromatic carbocycles. The van der Waals surface area contributed by atoms with Crippen molar-refractivity contribution in [2.24, 2.45) is 4.99 Å². The molecule has 0 saturated carbocycles. The number of hydrogen-bond acceptors (Lipinski definition) is 10. The minimum atomic E-state index is -1.69. The first-order valence-corrected chi connectivity index (χ1v) is 7.52. The second-order valence-electron chi connectivity index (χ2n) is 6.17. The van der Waals surface area contributed by atoms with Crippen LogP contribution in [0.15, 0.2) is 16.0 Å². The van der Waals surface area contributed by atoms with Gasteiger partial charge in [-0.1, -0.05) is 0 Å². The van der Waals surface area contributed by atoms with Crippen LogP contribution in [0, 0.1) is 0 Å². The van der Waals surface area contributed by atoms with E-state index >= 15 is 0 Å². The van der Waals surface area contributed by atoms with Crippen molar-refractivity contribution < 1.29 is 20.1 Å². The summed E-state index contributed by atoms with van der Waals surface area (Å²) in [5.41, 5.74) is 3.44. The van der Waals surface area contributed by atoms with Gasteiger partial charge in [0, 0.05) is 11.6 Å². The summed E-state index contributed by atoms with van der Waals surface area (Å²) in [5, 5.41) is 33.8. The molecule has 11 heteroatoms. The molecule has 0 spiro atoms. The van der Waals surface area contributed by atoms with Crippen LogP contribution in [-0.4, -0.2) is 60.6 Å². The van der Waals surface area contributed by atoms with Crippen molar-refractivity contribution in [3.63, 3.8) is 0 Å². The fourth-order valence-corrected chi connectivity index (χ4v) is 3.24. The number of nitrogens with one attached hydrogen (secondary N) is 1. The molecule has 4 rings (SSSR count). The molecule has 0 radical (unpaired) electrons. The van der Waals surface area contributed by atoms with Crippen molar-refractivity contribution >= 4 is 34.6 Å². The minimum Gasteiger partial charge on any atom is -0.394 e. The lowest BCUT2D eigenvalue weighted by Crippen LogP contribution is -2.44. The molecule has 2 aliphatic rings. The highest BCUT2D eigenvalue weighted by Crippen LogP contribution is 2.45. The molecule has 2 aliphatic heterocycles. The Bertz CT molecular complexity index is 955. The molecule has 0 aliphatic carbocycles. The number of ether oxygens (including phenoxy) is 1. The second-order valence-corrected chi connectivity index (χ2v) is 6.17. The van der Waals surface area contributed by atoms with E-state index in [1.165, 1.54) is 24.0 Å². The van der Waals surface area contributed by atoms with Crippen molar-refractivity contribution in [2.45, 2.75) is 31.0 Å². The van der Waals surface area contributed by atoms with Gasteiger partial charge in [-0.05, 0) is 6.92 Å². The van der Waals surface area contributed by atoms with Gasteiger partial charge in [0.05, 0.1) is 18.3 Å². The number of aliphatic hydroxyl groups is 3. The van der Waals surface area contributed by atoms with Gasteiger partial charge < -0.3 is 35.7 Å². The van der Waals surface area contributed by atoms with Crippen LogP contribution in [0.5, 0.6) is 0 Å². The van der Waals surface area contributed by atoms with E-state index in [-0.39, 0.29) is 11.6 Å². The van der Waals surface area contributed by atoms with Gasteiger partial charge in [-0.3, -0.25) is 0 Å². The van der Waals surface area contributed by atoms with Crippen LogP contribution in [0.2, 0.25) is 0 Å². The largest absolute Gasteiger partial charge is 0.394 e. The van der Waals surface area contributed by atoms with E-state index in [0.717, 1.165) is 0 Å².